The Balaban J connectivity index is 2.29. The Kier molecular flexibility index (Phi) is 4.26. The Hall–Kier alpha value is -0.530. The van der Waals surface area contributed by atoms with Crippen LogP contribution in [0.2, 0.25) is 0 Å². The van der Waals surface area contributed by atoms with Crippen LogP contribution >= 0.6 is 0 Å². The van der Waals surface area contributed by atoms with Crippen LogP contribution in [0.4, 0.5) is 0 Å². The van der Waals surface area contributed by atoms with Crippen molar-refractivity contribution < 1.29 is 4.79 Å². The van der Waals surface area contributed by atoms with Gasteiger partial charge in [-0.3, -0.25) is 4.79 Å². The third kappa shape index (κ3) is 3.37. The molecule has 76 valence electrons. The molecule has 1 fully saturated rings. The van der Waals surface area contributed by atoms with E-state index in [1.165, 1.54) is 19.3 Å². The molecule has 1 saturated heterocycles. The second-order valence-corrected chi connectivity index (χ2v) is 4.16. The lowest BCUT2D eigenvalue weighted by Gasteiger charge is -2.27. The van der Waals surface area contributed by atoms with Crippen LogP contribution < -0.4 is 0 Å². The van der Waals surface area contributed by atoms with Crippen LogP contribution in [0.3, 0.4) is 0 Å². The van der Waals surface area contributed by atoms with Crippen LogP contribution in [0, 0.1) is 5.92 Å². The summed E-state index contributed by atoms with van der Waals surface area (Å²) < 4.78 is 0. The van der Waals surface area contributed by atoms with Crippen LogP contribution in [0.15, 0.2) is 0 Å². The van der Waals surface area contributed by atoms with Crippen molar-refractivity contribution in [3.8, 4) is 0 Å². The van der Waals surface area contributed by atoms with Crippen LogP contribution in [-0.4, -0.2) is 23.9 Å². The molecule has 0 aromatic carbocycles. The molecule has 1 rings (SSSR count). The first kappa shape index (κ1) is 10.6. The standard InChI is InChI=1S/C11H21NO/c1-3-10(2)9-11(13)12-7-5-4-6-8-12/h10H,3-9H2,1-2H3/t10-/m1/s1. The summed E-state index contributed by atoms with van der Waals surface area (Å²) in [7, 11) is 0. The topological polar surface area (TPSA) is 20.3 Å². The molecule has 0 radical (unpaired) electrons. The number of nitrogens with zero attached hydrogens (tertiary/aromatic N) is 1. The molecular formula is C11H21NO. The average Bonchev–Trinajstić information content (AvgIpc) is 2.19. The van der Waals surface area contributed by atoms with Gasteiger partial charge in [-0.25, -0.2) is 0 Å². The fourth-order valence-corrected chi connectivity index (χ4v) is 1.71. The van der Waals surface area contributed by atoms with Crippen molar-refractivity contribution in [1.29, 1.82) is 0 Å². The lowest BCUT2D eigenvalue weighted by molar-refractivity contribution is -0.133. The fraction of sp³-hybridized carbons (Fsp3) is 0.909. The smallest absolute Gasteiger partial charge is 0.222 e. The van der Waals surface area contributed by atoms with Crippen molar-refractivity contribution in [2.45, 2.75) is 46.0 Å². The predicted molar refractivity (Wildman–Crippen MR) is 54.5 cm³/mol. The zero-order valence-electron chi connectivity index (χ0n) is 8.88. The molecule has 0 aromatic rings. The van der Waals surface area contributed by atoms with Gasteiger partial charge in [-0.05, 0) is 25.2 Å². The van der Waals surface area contributed by atoms with E-state index < -0.39 is 0 Å². The van der Waals surface area contributed by atoms with Gasteiger partial charge < -0.3 is 4.90 Å². The van der Waals surface area contributed by atoms with Gasteiger partial charge in [0.1, 0.15) is 0 Å². The summed E-state index contributed by atoms with van der Waals surface area (Å²) in [5, 5.41) is 0. The predicted octanol–water partition coefficient (Wildman–Crippen LogP) is 2.44. The Labute approximate surface area is 81.3 Å². The number of amides is 1. The minimum Gasteiger partial charge on any atom is -0.343 e. The van der Waals surface area contributed by atoms with Crippen molar-refractivity contribution in [3.63, 3.8) is 0 Å². The van der Waals surface area contributed by atoms with Gasteiger partial charge in [-0.1, -0.05) is 20.3 Å². The Bertz CT molecular complexity index is 161. The van der Waals surface area contributed by atoms with Gasteiger partial charge in [-0.2, -0.15) is 0 Å². The molecule has 0 unspecified atom stereocenters. The fourth-order valence-electron chi connectivity index (χ4n) is 1.71. The minimum absolute atomic E-state index is 0.369. The lowest BCUT2D eigenvalue weighted by atomic mass is 10.0. The van der Waals surface area contributed by atoms with Gasteiger partial charge in [-0.15, -0.1) is 0 Å². The zero-order valence-corrected chi connectivity index (χ0v) is 8.88. The molecule has 13 heavy (non-hydrogen) atoms. The number of hydrogen-bond donors (Lipinski definition) is 0. The van der Waals surface area contributed by atoms with Gasteiger partial charge >= 0.3 is 0 Å². The van der Waals surface area contributed by atoms with Gasteiger partial charge in [0, 0.05) is 19.5 Å². The molecule has 2 heteroatoms. The maximum Gasteiger partial charge on any atom is 0.222 e. The summed E-state index contributed by atoms with van der Waals surface area (Å²) in [5.41, 5.74) is 0. The van der Waals surface area contributed by atoms with E-state index in [9.17, 15) is 4.79 Å². The first-order chi connectivity index (χ1) is 6.24. The molecule has 0 saturated carbocycles. The number of hydrogen-bond acceptors (Lipinski definition) is 1. The number of carbonyl (C=O) groups excluding carboxylic acids is 1. The Morgan fingerprint density at radius 2 is 1.92 bits per heavy atom. The molecule has 0 bridgehead atoms. The normalized spacial score (nSPS) is 20.0. The molecule has 2 nitrogen and oxygen atoms in total. The highest BCUT2D eigenvalue weighted by Crippen LogP contribution is 2.13. The van der Waals surface area contributed by atoms with E-state index in [0.717, 1.165) is 25.9 Å². The van der Waals surface area contributed by atoms with Crippen LogP contribution in [0.5, 0.6) is 0 Å². The SMILES string of the molecule is CC[C@@H](C)CC(=O)N1CCCCC1. The van der Waals surface area contributed by atoms with Crippen LogP contribution in [-0.2, 0) is 4.79 Å². The summed E-state index contributed by atoms with van der Waals surface area (Å²) in [6, 6.07) is 0. The molecular weight excluding hydrogens is 162 g/mol. The zero-order chi connectivity index (χ0) is 9.68. The number of rotatable bonds is 3. The largest absolute Gasteiger partial charge is 0.343 e. The first-order valence-electron chi connectivity index (χ1n) is 5.51. The highest BCUT2D eigenvalue weighted by atomic mass is 16.2. The molecule has 1 heterocycles. The maximum atomic E-state index is 11.7. The van der Waals surface area contributed by atoms with E-state index in [1.54, 1.807) is 0 Å². The van der Waals surface area contributed by atoms with E-state index in [-0.39, 0.29) is 0 Å². The number of likely N-dealkylation sites (tertiary alicyclic amines) is 1. The Morgan fingerprint density at radius 1 is 1.31 bits per heavy atom. The summed E-state index contributed by atoms with van der Waals surface area (Å²) in [6.07, 6.45) is 5.56. The van der Waals surface area contributed by atoms with E-state index in [0.29, 0.717) is 11.8 Å². The highest BCUT2D eigenvalue weighted by molar-refractivity contribution is 5.76. The molecule has 1 amide bonds. The molecule has 0 aliphatic carbocycles. The maximum absolute atomic E-state index is 11.7. The number of piperidine rings is 1. The van der Waals surface area contributed by atoms with E-state index in [4.69, 9.17) is 0 Å². The molecule has 1 atom stereocenters. The molecule has 1 aliphatic rings. The van der Waals surface area contributed by atoms with Crippen LogP contribution in [0.1, 0.15) is 46.0 Å². The monoisotopic (exact) mass is 183 g/mol. The Morgan fingerprint density at radius 3 is 2.46 bits per heavy atom. The van der Waals surface area contributed by atoms with Crippen LogP contribution in [0.25, 0.3) is 0 Å². The summed E-state index contributed by atoms with van der Waals surface area (Å²) in [5.74, 6) is 0.920. The van der Waals surface area contributed by atoms with E-state index >= 15 is 0 Å². The highest BCUT2D eigenvalue weighted by Gasteiger charge is 2.17. The van der Waals surface area contributed by atoms with E-state index in [1.807, 2.05) is 4.90 Å². The summed E-state index contributed by atoms with van der Waals surface area (Å²) in [6.45, 7) is 6.29. The quantitative estimate of drug-likeness (QED) is 0.658. The van der Waals surface area contributed by atoms with Crippen molar-refractivity contribution >= 4 is 5.91 Å². The van der Waals surface area contributed by atoms with Gasteiger partial charge in [0.05, 0.1) is 0 Å². The van der Waals surface area contributed by atoms with Crippen molar-refractivity contribution in [3.05, 3.63) is 0 Å². The third-order valence-electron chi connectivity index (χ3n) is 2.93. The van der Waals surface area contributed by atoms with Gasteiger partial charge in [0.25, 0.3) is 0 Å². The molecule has 0 spiro atoms. The third-order valence-corrected chi connectivity index (χ3v) is 2.93. The van der Waals surface area contributed by atoms with Crippen molar-refractivity contribution in [1.82, 2.24) is 4.90 Å². The lowest BCUT2D eigenvalue weighted by Crippen LogP contribution is -2.36. The number of carbonyl (C=O) groups is 1. The average molecular weight is 183 g/mol. The van der Waals surface area contributed by atoms with E-state index in [2.05, 4.69) is 13.8 Å². The second-order valence-electron chi connectivity index (χ2n) is 4.16. The molecule has 0 N–H and O–H groups in total. The van der Waals surface area contributed by atoms with Crippen molar-refractivity contribution in [2.75, 3.05) is 13.1 Å². The van der Waals surface area contributed by atoms with Gasteiger partial charge in [0.2, 0.25) is 5.91 Å². The minimum atomic E-state index is 0.369. The summed E-state index contributed by atoms with van der Waals surface area (Å²) >= 11 is 0. The second kappa shape index (κ2) is 5.25. The summed E-state index contributed by atoms with van der Waals surface area (Å²) in [4.78, 5) is 13.7. The molecule has 1 aliphatic heterocycles. The van der Waals surface area contributed by atoms with Gasteiger partial charge in [0.15, 0.2) is 0 Å². The molecule has 0 aromatic heterocycles. The van der Waals surface area contributed by atoms with Crippen molar-refractivity contribution in [2.24, 2.45) is 5.92 Å². The first-order valence-corrected chi connectivity index (χ1v) is 5.51.